The van der Waals surface area contributed by atoms with Gasteiger partial charge in [0.15, 0.2) is 6.61 Å². The van der Waals surface area contributed by atoms with Gasteiger partial charge in [-0.3, -0.25) is 9.59 Å². The third-order valence-electron chi connectivity index (χ3n) is 4.96. The number of amides is 2. The molecule has 7 heteroatoms. The maximum Gasteiger partial charge on any atom is 0.261 e. The van der Waals surface area contributed by atoms with E-state index in [4.69, 9.17) is 27.9 Å². The molecule has 2 rings (SSSR count). The van der Waals surface area contributed by atoms with Crippen molar-refractivity contribution in [2.24, 2.45) is 0 Å². The standard InChI is InChI=1S/C24H30Cl2N2O3/c1-6-27-23(30)16(2)28(14-17-7-10-19(25)13-21(17)26)22(29)15-31-20-11-8-18(9-12-20)24(3,4)5/h7-13,16H,6,14-15H2,1-5H3,(H,27,30)/t16-/m1/s1. The summed E-state index contributed by atoms with van der Waals surface area (Å²) in [5.41, 5.74) is 1.91. The monoisotopic (exact) mass is 464 g/mol. The lowest BCUT2D eigenvalue weighted by Gasteiger charge is -2.29. The molecular weight excluding hydrogens is 435 g/mol. The van der Waals surface area contributed by atoms with Crippen molar-refractivity contribution in [1.29, 1.82) is 0 Å². The van der Waals surface area contributed by atoms with E-state index in [-0.39, 0.29) is 30.4 Å². The second-order valence-corrected chi connectivity index (χ2v) is 9.23. The van der Waals surface area contributed by atoms with E-state index in [1.807, 2.05) is 31.2 Å². The normalized spacial score (nSPS) is 12.2. The highest BCUT2D eigenvalue weighted by molar-refractivity contribution is 6.35. The molecule has 1 N–H and O–H groups in total. The smallest absolute Gasteiger partial charge is 0.261 e. The minimum absolute atomic E-state index is 0.0328. The molecular formula is C24H30Cl2N2O3. The predicted octanol–water partition coefficient (Wildman–Crippen LogP) is 5.22. The Morgan fingerprint density at radius 2 is 1.74 bits per heavy atom. The second-order valence-electron chi connectivity index (χ2n) is 8.39. The average Bonchev–Trinajstić information content (AvgIpc) is 2.71. The largest absolute Gasteiger partial charge is 0.484 e. The molecule has 0 saturated heterocycles. The van der Waals surface area contributed by atoms with Crippen LogP contribution in [0.5, 0.6) is 5.75 Å². The molecule has 0 spiro atoms. The summed E-state index contributed by atoms with van der Waals surface area (Å²) in [6, 6.07) is 12.1. The fourth-order valence-corrected chi connectivity index (χ4v) is 3.49. The molecule has 0 radical (unpaired) electrons. The number of carbonyl (C=O) groups excluding carboxylic acids is 2. The van der Waals surface area contributed by atoms with E-state index in [0.717, 1.165) is 0 Å². The van der Waals surface area contributed by atoms with Gasteiger partial charge in [0.2, 0.25) is 5.91 Å². The topological polar surface area (TPSA) is 58.6 Å². The van der Waals surface area contributed by atoms with Gasteiger partial charge in [-0.15, -0.1) is 0 Å². The van der Waals surface area contributed by atoms with Crippen molar-refractivity contribution in [1.82, 2.24) is 10.2 Å². The van der Waals surface area contributed by atoms with Crippen LogP contribution >= 0.6 is 23.2 Å². The van der Waals surface area contributed by atoms with Gasteiger partial charge in [0, 0.05) is 23.1 Å². The van der Waals surface area contributed by atoms with Gasteiger partial charge in [0.25, 0.3) is 5.91 Å². The molecule has 1 atom stereocenters. The Balaban J connectivity index is 2.16. The Bertz CT molecular complexity index is 908. The number of hydrogen-bond acceptors (Lipinski definition) is 3. The highest BCUT2D eigenvalue weighted by Gasteiger charge is 2.27. The molecule has 0 aliphatic carbocycles. The zero-order valence-corrected chi connectivity index (χ0v) is 20.2. The molecule has 0 aliphatic rings. The molecule has 168 valence electrons. The molecule has 2 amide bonds. The minimum Gasteiger partial charge on any atom is -0.484 e. The summed E-state index contributed by atoms with van der Waals surface area (Å²) >= 11 is 12.3. The summed E-state index contributed by atoms with van der Waals surface area (Å²) in [4.78, 5) is 26.9. The van der Waals surface area contributed by atoms with Crippen molar-refractivity contribution in [3.8, 4) is 5.75 Å². The van der Waals surface area contributed by atoms with Crippen LogP contribution in [0.1, 0.15) is 45.7 Å². The molecule has 0 unspecified atom stereocenters. The van der Waals surface area contributed by atoms with Gasteiger partial charge in [-0.25, -0.2) is 0 Å². The first kappa shape index (κ1) is 25.0. The fourth-order valence-electron chi connectivity index (χ4n) is 3.02. The van der Waals surface area contributed by atoms with Crippen LogP contribution in [0, 0.1) is 0 Å². The lowest BCUT2D eigenvalue weighted by molar-refractivity contribution is -0.142. The number of halogens is 2. The quantitative estimate of drug-likeness (QED) is 0.582. The molecule has 0 saturated carbocycles. The molecule has 31 heavy (non-hydrogen) atoms. The zero-order valence-electron chi connectivity index (χ0n) is 18.7. The van der Waals surface area contributed by atoms with Crippen LogP contribution in [0.2, 0.25) is 10.0 Å². The minimum atomic E-state index is -0.689. The van der Waals surface area contributed by atoms with Crippen LogP contribution in [-0.4, -0.2) is 35.9 Å². The van der Waals surface area contributed by atoms with Gasteiger partial charge in [0.05, 0.1) is 0 Å². The summed E-state index contributed by atoms with van der Waals surface area (Å²) in [5.74, 6) is 0.0385. The number of likely N-dealkylation sites (N-methyl/N-ethyl adjacent to an activating group) is 1. The molecule has 5 nitrogen and oxygen atoms in total. The van der Waals surface area contributed by atoms with E-state index >= 15 is 0 Å². The third-order valence-corrected chi connectivity index (χ3v) is 5.54. The zero-order chi connectivity index (χ0) is 23.2. The molecule has 0 aliphatic heterocycles. The summed E-state index contributed by atoms with van der Waals surface area (Å²) in [5, 5.41) is 3.70. The maximum absolute atomic E-state index is 13.0. The van der Waals surface area contributed by atoms with Crippen molar-refractivity contribution in [3.05, 3.63) is 63.6 Å². The fraction of sp³-hybridized carbons (Fsp3) is 0.417. The number of benzene rings is 2. The number of hydrogen-bond donors (Lipinski definition) is 1. The molecule has 2 aromatic rings. The average molecular weight is 465 g/mol. The Morgan fingerprint density at radius 1 is 1.10 bits per heavy atom. The van der Waals surface area contributed by atoms with E-state index in [9.17, 15) is 9.59 Å². The lowest BCUT2D eigenvalue weighted by Crippen LogP contribution is -2.49. The van der Waals surface area contributed by atoms with E-state index in [0.29, 0.717) is 27.9 Å². The predicted molar refractivity (Wildman–Crippen MR) is 126 cm³/mol. The Morgan fingerprint density at radius 3 is 2.29 bits per heavy atom. The number of nitrogens with zero attached hydrogens (tertiary/aromatic N) is 1. The first-order chi connectivity index (χ1) is 14.5. The van der Waals surface area contributed by atoms with Gasteiger partial charge in [0.1, 0.15) is 11.8 Å². The molecule has 0 heterocycles. The van der Waals surface area contributed by atoms with E-state index < -0.39 is 6.04 Å². The Kier molecular flexibility index (Phi) is 8.78. The van der Waals surface area contributed by atoms with Crippen LogP contribution in [-0.2, 0) is 21.5 Å². The first-order valence-electron chi connectivity index (χ1n) is 10.3. The third kappa shape index (κ3) is 7.15. The van der Waals surface area contributed by atoms with Crippen molar-refractivity contribution in [2.45, 2.75) is 52.6 Å². The van der Waals surface area contributed by atoms with Crippen LogP contribution in [0.15, 0.2) is 42.5 Å². The lowest BCUT2D eigenvalue weighted by atomic mass is 9.87. The van der Waals surface area contributed by atoms with Crippen molar-refractivity contribution < 1.29 is 14.3 Å². The van der Waals surface area contributed by atoms with Gasteiger partial charge in [-0.1, -0.05) is 62.2 Å². The van der Waals surface area contributed by atoms with E-state index in [1.165, 1.54) is 10.5 Å². The van der Waals surface area contributed by atoms with Gasteiger partial charge in [-0.05, 0) is 54.7 Å². The number of carbonyl (C=O) groups is 2. The van der Waals surface area contributed by atoms with E-state index in [2.05, 4.69) is 26.1 Å². The van der Waals surface area contributed by atoms with Crippen molar-refractivity contribution in [3.63, 3.8) is 0 Å². The SMILES string of the molecule is CCNC(=O)[C@@H](C)N(Cc1ccc(Cl)cc1Cl)C(=O)COc1ccc(C(C)(C)C)cc1. The summed E-state index contributed by atoms with van der Waals surface area (Å²) < 4.78 is 5.72. The Labute approximate surface area is 194 Å². The number of rotatable bonds is 8. The molecule has 0 bridgehead atoms. The number of ether oxygens (including phenoxy) is 1. The molecule has 0 aromatic heterocycles. The first-order valence-corrected chi connectivity index (χ1v) is 11.0. The number of nitrogens with one attached hydrogen (secondary N) is 1. The van der Waals surface area contributed by atoms with Crippen LogP contribution in [0.25, 0.3) is 0 Å². The van der Waals surface area contributed by atoms with Gasteiger partial charge >= 0.3 is 0 Å². The second kappa shape index (κ2) is 10.9. The van der Waals surface area contributed by atoms with Crippen molar-refractivity contribution >= 4 is 35.0 Å². The summed E-state index contributed by atoms with van der Waals surface area (Å²) in [6.45, 7) is 10.4. The van der Waals surface area contributed by atoms with Crippen molar-refractivity contribution in [2.75, 3.05) is 13.2 Å². The van der Waals surface area contributed by atoms with E-state index in [1.54, 1.807) is 25.1 Å². The van der Waals surface area contributed by atoms with Crippen LogP contribution < -0.4 is 10.1 Å². The Hall–Kier alpha value is -2.24. The summed E-state index contributed by atoms with van der Waals surface area (Å²) in [7, 11) is 0. The molecule has 2 aromatic carbocycles. The summed E-state index contributed by atoms with van der Waals surface area (Å²) in [6.07, 6.45) is 0. The van der Waals surface area contributed by atoms with Crippen LogP contribution in [0.4, 0.5) is 0 Å². The van der Waals surface area contributed by atoms with Gasteiger partial charge < -0.3 is 15.0 Å². The molecule has 0 fully saturated rings. The maximum atomic E-state index is 13.0. The van der Waals surface area contributed by atoms with Crippen LogP contribution in [0.3, 0.4) is 0 Å². The highest BCUT2D eigenvalue weighted by atomic mass is 35.5. The van der Waals surface area contributed by atoms with Gasteiger partial charge in [-0.2, -0.15) is 0 Å². The highest BCUT2D eigenvalue weighted by Crippen LogP contribution is 2.25.